The van der Waals surface area contributed by atoms with Crippen LogP contribution in [0.4, 0.5) is 5.69 Å². The highest BCUT2D eigenvalue weighted by atomic mass is 35.5. The van der Waals surface area contributed by atoms with Crippen LogP contribution in [0.1, 0.15) is 30.6 Å². The van der Waals surface area contributed by atoms with Crippen molar-refractivity contribution in [2.24, 2.45) is 0 Å². The van der Waals surface area contributed by atoms with Crippen molar-refractivity contribution in [1.82, 2.24) is 9.80 Å². The summed E-state index contributed by atoms with van der Waals surface area (Å²) in [4.78, 5) is 53.2. The summed E-state index contributed by atoms with van der Waals surface area (Å²) in [7, 11) is 0. The van der Waals surface area contributed by atoms with E-state index in [0.29, 0.717) is 31.1 Å². The normalized spacial score (nSPS) is 13.4. The molecule has 3 amide bonds. The number of rotatable bonds is 6. The quantitative estimate of drug-likeness (QED) is 0.518. The molecule has 0 spiro atoms. The number of hydrogen-bond donors (Lipinski definition) is 1. The van der Waals surface area contributed by atoms with Crippen LogP contribution in [-0.4, -0.2) is 66.3 Å². The number of furan rings is 1. The highest BCUT2D eigenvalue weighted by molar-refractivity contribution is 7.12. The fourth-order valence-electron chi connectivity index (χ4n) is 3.36. The molecule has 11 heteroatoms. The Bertz CT molecular complexity index is 1190. The summed E-state index contributed by atoms with van der Waals surface area (Å²) in [5.74, 6) is -1.40. The molecule has 0 saturated carbocycles. The van der Waals surface area contributed by atoms with Gasteiger partial charge in [0.2, 0.25) is 0 Å². The summed E-state index contributed by atoms with van der Waals surface area (Å²) in [6.45, 7) is 0.906. The summed E-state index contributed by atoms with van der Waals surface area (Å²) in [6.07, 6.45) is 1.43. The minimum absolute atomic E-state index is 0.146. The third-order valence-corrected chi connectivity index (χ3v) is 6.37. The summed E-state index contributed by atoms with van der Waals surface area (Å²) in [5, 5.41) is 4.70. The smallest absolute Gasteiger partial charge is 0.338 e. The highest BCUT2D eigenvalue weighted by Gasteiger charge is 2.26. The maximum absolute atomic E-state index is 12.5. The number of hydrogen-bond acceptors (Lipinski definition) is 7. The van der Waals surface area contributed by atoms with E-state index in [1.165, 1.54) is 40.7 Å². The van der Waals surface area contributed by atoms with Gasteiger partial charge in [-0.15, -0.1) is 11.3 Å². The third-order valence-electron chi connectivity index (χ3n) is 5.17. The number of thiophene rings is 1. The average Bonchev–Trinajstić information content (AvgIpc) is 3.58. The molecule has 1 aromatic carbocycles. The fraction of sp³-hybridized carbons (Fsp3) is 0.217. The molecule has 0 atom stereocenters. The van der Waals surface area contributed by atoms with Crippen LogP contribution in [0.25, 0.3) is 0 Å². The number of esters is 1. The highest BCUT2D eigenvalue weighted by Crippen LogP contribution is 2.25. The molecular formula is C23H20ClN3O6S. The van der Waals surface area contributed by atoms with Crippen molar-refractivity contribution in [3.63, 3.8) is 0 Å². The van der Waals surface area contributed by atoms with E-state index in [-0.39, 0.29) is 39.8 Å². The number of halogens is 1. The number of nitrogens with zero attached hydrogens (tertiary/aromatic N) is 2. The van der Waals surface area contributed by atoms with Crippen LogP contribution in [-0.2, 0) is 9.53 Å². The van der Waals surface area contributed by atoms with Gasteiger partial charge in [0.05, 0.1) is 27.4 Å². The van der Waals surface area contributed by atoms with Gasteiger partial charge >= 0.3 is 5.97 Å². The van der Waals surface area contributed by atoms with Crippen LogP contribution in [0.15, 0.2) is 58.5 Å². The second-order valence-corrected chi connectivity index (χ2v) is 8.71. The van der Waals surface area contributed by atoms with Crippen molar-refractivity contribution in [2.75, 3.05) is 38.1 Å². The largest absolute Gasteiger partial charge is 0.459 e. The van der Waals surface area contributed by atoms with Crippen LogP contribution in [0, 0.1) is 0 Å². The van der Waals surface area contributed by atoms with Crippen LogP contribution >= 0.6 is 22.9 Å². The summed E-state index contributed by atoms with van der Waals surface area (Å²) in [5.41, 5.74) is 0.408. The Morgan fingerprint density at radius 2 is 1.79 bits per heavy atom. The molecule has 0 unspecified atom stereocenters. The predicted molar refractivity (Wildman–Crippen MR) is 125 cm³/mol. The van der Waals surface area contributed by atoms with Crippen LogP contribution in [0.3, 0.4) is 0 Å². The maximum Gasteiger partial charge on any atom is 0.338 e. The molecule has 1 fully saturated rings. The van der Waals surface area contributed by atoms with Gasteiger partial charge < -0.3 is 24.3 Å². The molecule has 3 heterocycles. The average molecular weight is 502 g/mol. The van der Waals surface area contributed by atoms with Crippen molar-refractivity contribution >= 4 is 52.3 Å². The summed E-state index contributed by atoms with van der Waals surface area (Å²) >= 11 is 7.42. The number of amides is 3. The molecular weight excluding hydrogens is 482 g/mol. The zero-order valence-corrected chi connectivity index (χ0v) is 19.4. The first kappa shape index (κ1) is 23.5. The third kappa shape index (κ3) is 5.46. The van der Waals surface area contributed by atoms with Gasteiger partial charge in [-0.3, -0.25) is 14.4 Å². The van der Waals surface area contributed by atoms with Crippen molar-refractivity contribution in [3.8, 4) is 0 Å². The molecule has 1 N–H and O–H groups in total. The predicted octanol–water partition coefficient (Wildman–Crippen LogP) is 3.39. The lowest BCUT2D eigenvalue weighted by Gasteiger charge is -2.34. The zero-order valence-electron chi connectivity index (χ0n) is 17.9. The first-order valence-electron chi connectivity index (χ1n) is 10.3. The Morgan fingerprint density at radius 3 is 2.47 bits per heavy atom. The monoisotopic (exact) mass is 501 g/mol. The number of piperazine rings is 1. The molecule has 2 aromatic heterocycles. The molecule has 0 bridgehead atoms. The maximum atomic E-state index is 12.5. The van der Waals surface area contributed by atoms with Crippen molar-refractivity contribution in [3.05, 3.63) is 75.3 Å². The van der Waals surface area contributed by atoms with Gasteiger partial charge in [-0.25, -0.2) is 4.79 Å². The lowest BCUT2D eigenvalue weighted by molar-refractivity contribution is -0.136. The van der Waals surface area contributed by atoms with Crippen molar-refractivity contribution in [1.29, 1.82) is 0 Å². The van der Waals surface area contributed by atoms with Gasteiger partial charge in [-0.1, -0.05) is 17.7 Å². The van der Waals surface area contributed by atoms with Gasteiger partial charge in [0, 0.05) is 26.2 Å². The minimum Gasteiger partial charge on any atom is -0.459 e. The van der Waals surface area contributed by atoms with Gasteiger partial charge in [0.15, 0.2) is 12.4 Å². The molecule has 1 aliphatic heterocycles. The Morgan fingerprint density at radius 1 is 1.03 bits per heavy atom. The number of anilines is 1. The van der Waals surface area contributed by atoms with E-state index in [0.717, 1.165) is 0 Å². The van der Waals surface area contributed by atoms with E-state index in [4.69, 9.17) is 20.8 Å². The van der Waals surface area contributed by atoms with E-state index >= 15 is 0 Å². The van der Waals surface area contributed by atoms with E-state index in [1.54, 1.807) is 34.5 Å². The SMILES string of the molecule is O=C(OCC(=O)N1CCN(C(=O)c2ccco2)CC1)c1ccc(Cl)c(NC(=O)c2cccs2)c1. The molecule has 9 nitrogen and oxygen atoms in total. The van der Waals surface area contributed by atoms with Crippen LogP contribution < -0.4 is 5.32 Å². The van der Waals surface area contributed by atoms with E-state index in [1.807, 2.05) is 0 Å². The molecule has 0 aliphatic carbocycles. The molecule has 34 heavy (non-hydrogen) atoms. The Hall–Kier alpha value is -3.63. The molecule has 1 saturated heterocycles. The second-order valence-electron chi connectivity index (χ2n) is 7.35. The molecule has 176 valence electrons. The standard InChI is InChI=1S/C23H20ClN3O6S/c24-16-6-5-15(13-17(16)25-21(29)19-4-2-12-34-19)23(31)33-14-20(28)26-7-9-27(10-8-26)22(30)18-3-1-11-32-18/h1-6,11-13H,7-10,14H2,(H,25,29). The van der Waals surface area contributed by atoms with Crippen molar-refractivity contribution in [2.45, 2.75) is 0 Å². The number of benzene rings is 1. The van der Waals surface area contributed by atoms with E-state index in [9.17, 15) is 19.2 Å². The Labute approximate surface area is 203 Å². The molecule has 3 aromatic rings. The molecule has 4 rings (SSSR count). The molecule has 0 radical (unpaired) electrons. The Kier molecular flexibility index (Phi) is 7.29. The second kappa shape index (κ2) is 10.5. The topological polar surface area (TPSA) is 109 Å². The lowest BCUT2D eigenvalue weighted by Crippen LogP contribution is -2.51. The number of carbonyl (C=O) groups is 4. The van der Waals surface area contributed by atoms with Crippen LogP contribution in [0.2, 0.25) is 5.02 Å². The number of ether oxygens (including phenoxy) is 1. The first-order chi connectivity index (χ1) is 16.4. The fourth-order valence-corrected chi connectivity index (χ4v) is 4.14. The lowest BCUT2D eigenvalue weighted by atomic mass is 10.2. The number of carbonyl (C=O) groups excluding carboxylic acids is 4. The van der Waals surface area contributed by atoms with Gasteiger partial charge in [-0.05, 0) is 41.8 Å². The zero-order chi connectivity index (χ0) is 24.1. The van der Waals surface area contributed by atoms with Crippen molar-refractivity contribution < 1.29 is 28.3 Å². The summed E-state index contributed by atoms with van der Waals surface area (Å²) < 4.78 is 10.3. The minimum atomic E-state index is -0.719. The van der Waals surface area contributed by atoms with E-state index in [2.05, 4.69) is 5.32 Å². The van der Waals surface area contributed by atoms with Gasteiger partial charge in [0.1, 0.15) is 0 Å². The van der Waals surface area contributed by atoms with Gasteiger partial charge in [0.25, 0.3) is 17.7 Å². The first-order valence-corrected chi connectivity index (χ1v) is 11.6. The van der Waals surface area contributed by atoms with Gasteiger partial charge in [-0.2, -0.15) is 0 Å². The van der Waals surface area contributed by atoms with Crippen LogP contribution in [0.5, 0.6) is 0 Å². The number of nitrogens with one attached hydrogen (secondary N) is 1. The Balaban J connectivity index is 1.28. The summed E-state index contributed by atoms with van der Waals surface area (Å²) in [6, 6.07) is 11.0. The molecule has 1 aliphatic rings. The van der Waals surface area contributed by atoms with E-state index < -0.39 is 12.6 Å².